The molecule has 1 amide bonds. The van der Waals surface area contributed by atoms with E-state index in [-0.39, 0.29) is 5.91 Å². The van der Waals surface area contributed by atoms with Gasteiger partial charge in [-0.3, -0.25) is 9.78 Å². The van der Waals surface area contributed by atoms with Gasteiger partial charge in [0.1, 0.15) is 5.69 Å². The van der Waals surface area contributed by atoms with Gasteiger partial charge in [0, 0.05) is 16.9 Å². The molecule has 1 N–H and O–H groups in total. The third-order valence-electron chi connectivity index (χ3n) is 2.74. The molecule has 2 aromatic heterocycles. The summed E-state index contributed by atoms with van der Waals surface area (Å²) in [6.45, 7) is 2.49. The van der Waals surface area contributed by atoms with Crippen LogP contribution in [0.25, 0.3) is 0 Å². The second-order valence-corrected chi connectivity index (χ2v) is 4.92. The molecule has 19 heavy (non-hydrogen) atoms. The molecule has 0 aromatic carbocycles. The molecule has 4 nitrogen and oxygen atoms in total. The number of aromatic nitrogens is 2. The first-order valence-electron chi connectivity index (χ1n) is 6.03. The van der Waals surface area contributed by atoms with Gasteiger partial charge < -0.3 is 5.32 Å². The third-order valence-corrected chi connectivity index (χ3v) is 3.21. The molecule has 2 heterocycles. The normalized spacial score (nSPS) is 10.2. The summed E-state index contributed by atoms with van der Waals surface area (Å²) in [6.07, 6.45) is 4.24. The lowest BCUT2D eigenvalue weighted by Gasteiger charge is -2.07. The summed E-state index contributed by atoms with van der Waals surface area (Å²) in [5.41, 5.74) is 2.44. The quantitative estimate of drug-likeness (QED) is 0.942. The summed E-state index contributed by atoms with van der Waals surface area (Å²) >= 11 is 3.28. The van der Waals surface area contributed by atoms with Crippen LogP contribution in [0.4, 0.5) is 0 Å². The molecule has 0 fully saturated rings. The van der Waals surface area contributed by atoms with Crippen molar-refractivity contribution in [1.29, 1.82) is 0 Å². The predicted octanol–water partition coefficient (Wildman–Crippen LogP) is 2.73. The van der Waals surface area contributed by atoms with E-state index in [0.29, 0.717) is 12.2 Å². The van der Waals surface area contributed by atoms with Crippen LogP contribution in [0.3, 0.4) is 0 Å². The summed E-state index contributed by atoms with van der Waals surface area (Å²) in [4.78, 5) is 20.3. The van der Waals surface area contributed by atoms with E-state index in [1.54, 1.807) is 24.5 Å². The lowest BCUT2D eigenvalue weighted by atomic mass is 10.1. The van der Waals surface area contributed by atoms with Gasteiger partial charge in [-0.15, -0.1) is 0 Å². The van der Waals surface area contributed by atoms with Gasteiger partial charge in [0.05, 0.1) is 12.2 Å². The fourth-order valence-corrected chi connectivity index (χ4v) is 1.95. The Bertz CT molecular complexity index is 569. The zero-order valence-electron chi connectivity index (χ0n) is 10.6. The van der Waals surface area contributed by atoms with Crippen molar-refractivity contribution in [1.82, 2.24) is 15.3 Å². The lowest BCUT2D eigenvalue weighted by molar-refractivity contribution is 0.0945. The zero-order valence-corrected chi connectivity index (χ0v) is 12.1. The number of carbonyl (C=O) groups excluding carboxylic acids is 1. The minimum Gasteiger partial charge on any atom is -0.345 e. The van der Waals surface area contributed by atoms with Crippen LogP contribution < -0.4 is 5.32 Å². The van der Waals surface area contributed by atoms with Crippen LogP contribution in [0.15, 0.2) is 41.1 Å². The monoisotopic (exact) mass is 319 g/mol. The minimum atomic E-state index is -0.194. The summed E-state index contributed by atoms with van der Waals surface area (Å²) in [5, 5.41) is 2.83. The molecule has 0 saturated carbocycles. The van der Waals surface area contributed by atoms with E-state index in [4.69, 9.17) is 0 Å². The van der Waals surface area contributed by atoms with Crippen LogP contribution in [0.5, 0.6) is 0 Å². The molecule has 0 saturated heterocycles. The molecule has 2 rings (SSSR count). The second kappa shape index (κ2) is 6.43. The van der Waals surface area contributed by atoms with Gasteiger partial charge in [0.15, 0.2) is 0 Å². The predicted molar refractivity (Wildman–Crippen MR) is 76.7 cm³/mol. The highest BCUT2D eigenvalue weighted by Crippen LogP contribution is 2.08. The Kier molecular flexibility index (Phi) is 4.63. The van der Waals surface area contributed by atoms with Crippen LogP contribution in [0, 0.1) is 0 Å². The number of aryl methyl sites for hydroxylation is 1. The van der Waals surface area contributed by atoms with E-state index in [1.807, 2.05) is 12.1 Å². The van der Waals surface area contributed by atoms with Crippen molar-refractivity contribution in [2.45, 2.75) is 19.9 Å². The van der Waals surface area contributed by atoms with Gasteiger partial charge in [0.25, 0.3) is 5.91 Å². The average molecular weight is 320 g/mol. The Morgan fingerprint density at radius 3 is 2.84 bits per heavy atom. The van der Waals surface area contributed by atoms with Gasteiger partial charge in [0.2, 0.25) is 0 Å². The van der Waals surface area contributed by atoms with Gasteiger partial charge in [-0.2, -0.15) is 0 Å². The number of halogens is 1. The van der Waals surface area contributed by atoms with E-state index in [2.05, 4.69) is 38.1 Å². The Morgan fingerprint density at radius 1 is 1.32 bits per heavy atom. The first-order valence-corrected chi connectivity index (χ1v) is 6.82. The average Bonchev–Trinajstić information content (AvgIpc) is 2.45. The molecule has 0 aliphatic heterocycles. The van der Waals surface area contributed by atoms with Crippen LogP contribution in [0.2, 0.25) is 0 Å². The topological polar surface area (TPSA) is 54.9 Å². The van der Waals surface area contributed by atoms with E-state index in [1.165, 1.54) is 0 Å². The highest BCUT2D eigenvalue weighted by molar-refractivity contribution is 9.10. The summed E-state index contributed by atoms with van der Waals surface area (Å²) in [6, 6.07) is 7.39. The number of carbonyl (C=O) groups is 1. The maximum absolute atomic E-state index is 11.9. The maximum atomic E-state index is 11.9. The van der Waals surface area contributed by atoms with Crippen LogP contribution >= 0.6 is 15.9 Å². The van der Waals surface area contributed by atoms with Gasteiger partial charge in [-0.25, -0.2) is 4.98 Å². The molecular formula is C14H14BrN3O. The van der Waals surface area contributed by atoms with Crippen molar-refractivity contribution in [2.24, 2.45) is 0 Å². The number of amides is 1. The molecule has 0 unspecified atom stereocenters. The number of pyridine rings is 2. The Morgan fingerprint density at radius 2 is 2.16 bits per heavy atom. The highest BCUT2D eigenvalue weighted by atomic mass is 79.9. The van der Waals surface area contributed by atoms with Gasteiger partial charge in [-0.05, 0) is 46.1 Å². The SMILES string of the molecule is CCc1cccnc1CNC(=O)c1ccc(Br)cn1. The summed E-state index contributed by atoms with van der Waals surface area (Å²) < 4.78 is 0.849. The van der Waals surface area contributed by atoms with E-state index < -0.39 is 0 Å². The Labute approximate surface area is 120 Å². The molecule has 0 aliphatic rings. The molecule has 98 valence electrons. The number of nitrogens with one attached hydrogen (secondary N) is 1. The summed E-state index contributed by atoms with van der Waals surface area (Å²) in [7, 11) is 0. The number of rotatable bonds is 4. The smallest absolute Gasteiger partial charge is 0.270 e. The number of hydrogen-bond acceptors (Lipinski definition) is 3. The summed E-state index contributed by atoms with van der Waals surface area (Å²) in [5.74, 6) is -0.194. The van der Waals surface area contributed by atoms with Crippen molar-refractivity contribution >= 4 is 21.8 Å². The van der Waals surface area contributed by atoms with Crippen molar-refractivity contribution in [3.63, 3.8) is 0 Å². The Balaban J connectivity index is 2.02. The molecule has 5 heteroatoms. The molecule has 0 atom stereocenters. The van der Waals surface area contributed by atoms with Gasteiger partial charge in [-0.1, -0.05) is 13.0 Å². The molecule has 0 spiro atoms. The number of hydrogen-bond donors (Lipinski definition) is 1. The largest absolute Gasteiger partial charge is 0.345 e. The van der Waals surface area contributed by atoms with Crippen LogP contribution in [-0.4, -0.2) is 15.9 Å². The standard InChI is InChI=1S/C14H14BrN3O/c1-2-10-4-3-7-16-13(10)9-18-14(19)12-6-5-11(15)8-17-12/h3-8H,2,9H2,1H3,(H,18,19). The van der Waals surface area contributed by atoms with E-state index in [0.717, 1.165) is 22.2 Å². The Hall–Kier alpha value is -1.75. The maximum Gasteiger partial charge on any atom is 0.270 e. The van der Waals surface area contributed by atoms with Crippen LogP contribution in [-0.2, 0) is 13.0 Å². The fourth-order valence-electron chi connectivity index (χ4n) is 1.72. The third kappa shape index (κ3) is 3.61. The van der Waals surface area contributed by atoms with E-state index >= 15 is 0 Å². The molecule has 0 aliphatic carbocycles. The van der Waals surface area contributed by atoms with Crippen molar-refractivity contribution in [3.05, 3.63) is 58.1 Å². The molecule has 0 radical (unpaired) electrons. The van der Waals surface area contributed by atoms with Crippen molar-refractivity contribution < 1.29 is 4.79 Å². The second-order valence-electron chi connectivity index (χ2n) is 4.01. The zero-order chi connectivity index (χ0) is 13.7. The van der Waals surface area contributed by atoms with Gasteiger partial charge >= 0.3 is 0 Å². The fraction of sp³-hybridized carbons (Fsp3) is 0.214. The first-order chi connectivity index (χ1) is 9.20. The van der Waals surface area contributed by atoms with Crippen LogP contribution in [0.1, 0.15) is 28.7 Å². The van der Waals surface area contributed by atoms with Crippen molar-refractivity contribution in [3.8, 4) is 0 Å². The first kappa shape index (κ1) is 13.7. The molecule has 2 aromatic rings. The molecular weight excluding hydrogens is 306 g/mol. The number of nitrogens with zero attached hydrogens (tertiary/aromatic N) is 2. The van der Waals surface area contributed by atoms with Crippen molar-refractivity contribution in [2.75, 3.05) is 0 Å². The molecule has 0 bridgehead atoms. The van der Waals surface area contributed by atoms with E-state index in [9.17, 15) is 4.79 Å². The lowest BCUT2D eigenvalue weighted by Crippen LogP contribution is -2.24. The highest BCUT2D eigenvalue weighted by Gasteiger charge is 2.08. The minimum absolute atomic E-state index is 0.194.